The maximum absolute atomic E-state index is 12.9. The van der Waals surface area contributed by atoms with Gasteiger partial charge in [0.15, 0.2) is 0 Å². The number of hydrogen-bond acceptors (Lipinski definition) is 7. The Hall–Kier alpha value is -3.07. The standard InChI is InChI=1S/C15H9FN4O3S/c16-10-5-3-9(4-6-10)13-17-12(23-19-13)8-20-15(21)22-14(18-20)11-2-1-7-24-11/h1-7H,8H2. The molecule has 0 fully saturated rings. The van der Waals surface area contributed by atoms with E-state index in [2.05, 4.69) is 15.2 Å². The van der Waals surface area contributed by atoms with Crippen LogP contribution in [0.5, 0.6) is 0 Å². The van der Waals surface area contributed by atoms with Gasteiger partial charge in [0.2, 0.25) is 11.7 Å². The highest BCUT2D eigenvalue weighted by atomic mass is 32.1. The number of rotatable bonds is 4. The van der Waals surface area contributed by atoms with E-state index in [1.165, 1.54) is 23.5 Å². The average molecular weight is 344 g/mol. The van der Waals surface area contributed by atoms with Crippen molar-refractivity contribution in [2.24, 2.45) is 0 Å². The zero-order chi connectivity index (χ0) is 16.5. The minimum atomic E-state index is -0.611. The summed E-state index contributed by atoms with van der Waals surface area (Å²) in [6, 6.07) is 9.34. The lowest BCUT2D eigenvalue weighted by Gasteiger charge is -1.93. The van der Waals surface area contributed by atoms with E-state index in [0.29, 0.717) is 11.4 Å². The van der Waals surface area contributed by atoms with Crippen molar-refractivity contribution < 1.29 is 13.3 Å². The van der Waals surface area contributed by atoms with E-state index in [-0.39, 0.29) is 24.1 Å². The minimum Gasteiger partial charge on any atom is -0.387 e. The molecule has 0 saturated carbocycles. The SMILES string of the molecule is O=c1oc(-c2cccs2)nn1Cc1nc(-c2ccc(F)cc2)no1. The second-order valence-corrected chi connectivity index (χ2v) is 5.77. The Labute approximate surface area is 138 Å². The molecule has 3 heterocycles. The Bertz CT molecular complexity index is 1020. The lowest BCUT2D eigenvalue weighted by atomic mass is 10.2. The quantitative estimate of drug-likeness (QED) is 0.566. The normalized spacial score (nSPS) is 11.0. The van der Waals surface area contributed by atoms with Crippen LogP contribution in [0, 0.1) is 5.82 Å². The summed E-state index contributed by atoms with van der Waals surface area (Å²) >= 11 is 1.42. The molecule has 1 aromatic carbocycles. The van der Waals surface area contributed by atoms with Crippen molar-refractivity contribution in [3.63, 3.8) is 0 Å². The Morgan fingerprint density at radius 3 is 2.79 bits per heavy atom. The monoisotopic (exact) mass is 344 g/mol. The largest absolute Gasteiger partial charge is 0.437 e. The minimum absolute atomic E-state index is 0.0120. The van der Waals surface area contributed by atoms with Crippen molar-refractivity contribution in [1.29, 1.82) is 0 Å². The van der Waals surface area contributed by atoms with Crippen LogP contribution in [0.2, 0.25) is 0 Å². The molecule has 3 aromatic heterocycles. The molecule has 0 spiro atoms. The highest BCUT2D eigenvalue weighted by molar-refractivity contribution is 7.13. The predicted molar refractivity (Wildman–Crippen MR) is 82.9 cm³/mol. The van der Waals surface area contributed by atoms with Gasteiger partial charge in [-0.1, -0.05) is 11.2 Å². The van der Waals surface area contributed by atoms with Crippen molar-refractivity contribution >= 4 is 11.3 Å². The van der Waals surface area contributed by atoms with Crippen LogP contribution in [-0.4, -0.2) is 19.9 Å². The molecule has 0 saturated heterocycles. The van der Waals surface area contributed by atoms with Crippen molar-refractivity contribution in [2.45, 2.75) is 6.54 Å². The third-order valence-corrected chi connectivity index (χ3v) is 4.05. The van der Waals surface area contributed by atoms with Gasteiger partial charge in [0.05, 0.1) is 4.88 Å². The number of benzene rings is 1. The smallest absolute Gasteiger partial charge is 0.387 e. The van der Waals surface area contributed by atoms with Crippen molar-refractivity contribution in [3.05, 3.63) is 64.0 Å². The van der Waals surface area contributed by atoms with E-state index in [0.717, 1.165) is 9.56 Å². The van der Waals surface area contributed by atoms with Gasteiger partial charge < -0.3 is 8.94 Å². The van der Waals surface area contributed by atoms with E-state index in [1.54, 1.807) is 18.2 Å². The van der Waals surface area contributed by atoms with Crippen molar-refractivity contribution in [1.82, 2.24) is 19.9 Å². The molecule has 0 aliphatic carbocycles. The first-order chi connectivity index (χ1) is 11.7. The summed E-state index contributed by atoms with van der Waals surface area (Å²) in [5.41, 5.74) is 0.609. The van der Waals surface area contributed by atoms with Crippen LogP contribution in [0.3, 0.4) is 0 Å². The van der Waals surface area contributed by atoms with Gasteiger partial charge >= 0.3 is 5.76 Å². The first kappa shape index (κ1) is 14.5. The molecule has 0 unspecified atom stereocenters. The molecule has 9 heteroatoms. The summed E-state index contributed by atoms with van der Waals surface area (Å²) in [7, 11) is 0. The van der Waals surface area contributed by atoms with Crippen molar-refractivity contribution in [2.75, 3.05) is 0 Å². The van der Waals surface area contributed by atoms with Crippen LogP contribution in [0.15, 0.2) is 55.5 Å². The van der Waals surface area contributed by atoms with E-state index >= 15 is 0 Å². The average Bonchev–Trinajstić information content (AvgIpc) is 3.31. The van der Waals surface area contributed by atoms with Crippen LogP contribution in [0.1, 0.15) is 5.89 Å². The van der Waals surface area contributed by atoms with Crippen LogP contribution in [-0.2, 0) is 6.54 Å². The first-order valence-electron chi connectivity index (χ1n) is 6.89. The number of halogens is 1. The molecule has 0 N–H and O–H groups in total. The van der Waals surface area contributed by atoms with Gasteiger partial charge in [0.25, 0.3) is 5.89 Å². The predicted octanol–water partition coefficient (Wildman–Crippen LogP) is 2.80. The number of nitrogens with zero attached hydrogens (tertiary/aromatic N) is 4. The third-order valence-electron chi connectivity index (χ3n) is 3.19. The van der Waals surface area contributed by atoms with Gasteiger partial charge in [0.1, 0.15) is 12.4 Å². The number of thiophene rings is 1. The summed E-state index contributed by atoms with van der Waals surface area (Å²) in [4.78, 5) is 16.8. The summed E-state index contributed by atoms with van der Waals surface area (Å²) in [6.07, 6.45) is 0. The van der Waals surface area contributed by atoms with E-state index < -0.39 is 5.76 Å². The number of hydrogen-bond donors (Lipinski definition) is 0. The Kier molecular flexibility index (Phi) is 3.54. The summed E-state index contributed by atoms with van der Waals surface area (Å²) in [5, 5.41) is 9.79. The lowest BCUT2D eigenvalue weighted by molar-refractivity contribution is 0.360. The van der Waals surface area contributed by atoms with Crippen LogP contribution >= 0.6 is 11.3 Å². The van der Waals surface area contributed by atoms with Gasteiger partial charge in [-0.15, -0.1) is 16.4 Å². The molecule has 24 heavy (non-hydrogen) atoms. The highest BCUT2D eigenvalue weighted by Crippen LogP contribution is 2.21. The molecule has 0 atom stereocenters. The second-order valence-electron chi connectivity index (χ2n) is 4.83. The van der Waals surface area contributed by atoms with Gasteiger partial charge in [-0.05, 0) is 35.7 Å². The molecule has 0 radical (unpaired) electrons. The molecule has 120 valence electrons. The fourth-order valence-electron chi connectivity index (χ4n) is 2.07. The van der Waals surface area contributed by atoms with E-state index in [4.69, 9.17) is 8.94 Å². The zero-order valence-corrected chi connectivity index (χ0v) is 12.9. The van der Waals surface area contributed by atoms with Gasteiger partial charge in [-0.2, -0.15) is 9.67 Å². The molecular weight excluding hydrogens is 335 g/mol. The van der Waals surface area contributed by atoms with Crippen molar-refractivity contribution in [3.8, 4) is 22.2 Å². The zero-order valence-electron chi connectivity index (χ0n) is 12.0. The number of aromatic nitrogens is 4. The molecule has 0 aliphatic rings. The molecule has 7 nitrogen and oxygen atoms in total. The Morgan fingerprint density at radius 2 is 2.04 bits per heavy atom. The fourth-order valence-corrected chi connectivity index (χ4v) is 2.71. The van der Waals surface area contributed by atoms with Gasteiger partial charge in [-0.3, -0.25) is 0 Å². The lowest BCUT2D eigenvalue weighted by Crippen LogP contribution is -2.16. The van der Waals surface area contributed by atoms with Gasteiger partial charge in [0, 0.05) is 5.56 Å². The maximum Gasteiger partial charge on any atom is 0.437 e. The fraction of sp³-hybridized carbons (Fsp3) is 0.0667. The highest BCUT2D eigenvalue weighted by Gasteiger charge is 2.15. The molecule has 4 aromatic rings. The Morgan fingerprint density at radius 1 is 1.21 bits per heavy atom. The third kappa shape index (κ3) is 2.76. The molecule has 0 bridgehead atoms. The summed E-state index contributed by atoms with van der Waals surface area (Å²) in [5.74, 6) is -0.214. The molecular formula is C15H9FN4O3S. The topological polar surface area (TPSA) is 87.0 Å². The summed E-state index contributed by atoms with van der Waals surface area (Å²) in [6.45, 7) is -0.0120. The van der Waals surface area contributed by atoms with E-state index in [1.807, 2.05) is 11.4 Å². The van der Waals surface area contributed by atoms with Crippen LogP contribution in [0.4, 0.5) is 4.39 Å². The Balaban J connectivity index is 1.58. The maximum atomic E-state index is 12.9. The van der Waals surface area contributed by atoms with Gasteiger partial charge in [-0.25, -0.2) is 9.18 Å². The molecule has 0 amide bonds. The second kappa shape index (κ2) is 5.85. The molecule has 0 aliphatic heterocycles. The first-order valence-corrected chi connectivity index (χ1v) is 7.77. The summed E-state index contributed by atoms with van der Waals surface area (Å²) < 4.78 is 24.3. The van der Waals surface area contributed by atoms with E-state index in [9.17, 15) is 9.18 Å². The van der Waals surface area contributed by atoms with Crippen LogP contribution in [0.25, 0.3) is 22.2 Å². The molecule has 4 rings (SSSR count). The van der Waals surface area contributed by atoms with Crippen LogP contribution < -0.4 is 5.76 Å².